The van der Waals surface area contributed by atoms with Gasteiger partial charge in [-0.25, -0.2) is 8.42 Å². The molecule has 7 nitrogen and oxygen atoms in total. The SMILES string of the molecule is CCc1cccc(NC(=O)Cn2cccc(S(=O)(=O)N3CCCC3)c2=O)c1. The summed E-state index contributed by atoms with van der Waals surface area (Å²) in [4.78, 5) is 24.7. The predicted octanol–water partition coefficient (Wildman–Crippen LogP) is 1.83. The lowest BCUT2D eigenvalue weighted by molar-refractivity contribution is -0.116. The van der Waals surface area contributed by atoms with Crippen LogP contribution in [0.5, 0.6) is 0 Å². The molecule has 0 radical (unpaired) electrons. The second kappa shape index (κ2) is 8.06. The zero-order valence-corrected chi connectivity index (χ0v) is 16.0. The van der Waals surface area contributed by atoms with Gasteiger partial charge in [-0.05, 0) is 49.1 Å². The van der Waals surface area contributed by atoms with Crippen LogP contribution in [-0.2, 0) is 27.8 Å². The maximum absolute atomic E-state index is 12.7. The van der Waals surface area contributed by atoms with Crippen LogP contribution in [0.25, 0.3) is 0 Å². The number of benzene rings is 1. The monoisotopic (exact) mass is 389 g/mol. The van der Waals surface area contributed by atoms with E-state index in [1.165, 1.54) is 22.6 Å². The topological polar surface area (TPSA) is 88.5 Å². The minimum atomic E-state index is -3.83. The van der Waals surface area contributed by atoms with Gasteiger partial charge >= 0.3 is 0 Å². The Balaban J connectivity index is 1.79. The van der Waals surface area contributed by atoms with Crippen LogP contribution in [0.4, 0.5) is 5.69 Å². The third kappa shape index (κ3) is 4.28. The smallest absolute Gasteiger partial charge is 0.271 e. The highest BCUT2D eigenvalue weighted by Gasteiger charge is 2.29. The normalized spacial score (nSPS) is 15.0. The van der Waals surface area contributed by atoms with Crippen molar-refractivity contribution >= 4 is 21.6 Å². The van der Waals surface area contributed by atoms with Gasteiger partial charge in [-0.15, -0.1) is 0 Å². The average molecular weight is 389 g/mol. The van der Waals surface area contributed by atoms with Crippen LogP contribution in [-0.4, -0.2) is 36.3 Å². The minimum Gasteiger partial charge on any atom is -0.325 e. The van der Waals surface area contributed by atoms with Gasteiger partial charge < -0.3 is 9.88 Å². The molecular formula is C19H23N3O4S. The van der Waals surface area contributed by atoms with E-state index < -0.39 is 15.6 Å². The third-order valence-corrected chi connectivity index (χ3v) is 6.51. The van der Waals surface area contributed by atoms with Crippen LogP contribution in [0.3, 0.4) is 0 Å². The van der Waals surface area contributed by atoms with Crippen LogP contribution in [0.2, 0.25) is 0 Å². The van der Waals surface area contributed by atoms with Crippen molar-refractivity contribution in [3.8, 4) is 0 Å². The molecule has 0 spiro atoms. The van der Waals surface area contributed by atoms with Crippen LogP contribution in [0.1, 0.15) is 25.3 Å². The van der Waals surface area contributed by atoms with Crippen molar-refractivity contribution in [3.63, 3.8) is 0 Å². The second-order valence-corrected chi connectivity index (χ2v) is 8.43. The Morgan fingerprint density at radius 3 is 2.59 bits per heavy atom. The molecule has 1 saturated heterocycles. The van der Waals surface area contributed by atoms with Crippen molar-refractivity contribution in [3.05, 3.63) is 58.5 Å². The fourth-order valence-corrected chi connectivity index (χ4v) is 4.73. The molecule has 1 amide bonds. The first-order chi connectivity index (χ1) is 12.9. The predicted molar refractivity (Wildman–Crippen MR) is 103 cm³/mol. The maximum atomic E-state index is 12.7. The van der Waals surface area contributed by atoms with Gasteiger partial charge in [0.1, 0.15) is 11.4 Å². The van der Waals surface area contributed by atoms with E-state index in [4.69, 9.17) is 0 Å². The molecule has 1 fully saturated rings. The zero-order valence-electron chi connectivity index (χ0n) is 15.2. The average Bonchev–Trinajstić information content (AvgIpc) is 3.19. The van der Waals surface area contributed by atoms with Gasteiger partial charge in [-0.1, -0.05) is 19.1 Å². The number of amides is 1. The standard InChI is InChI=1S/C19H23N3O4S/c1-2-15-7-5-8-16(13-15)20-18(23)14-21-10-6-9-17(19(21)24)27(25,26)22-11-3-4-12-22/h5-10,13H,2-4,11-12,14H2,1H3,(H,20,23). The van der Waals surface area contributed by atoms with Gasteiger partial charge in [-0.2, -0.15) is 4.31 Å². The summed E-state index contributed by atoms with van der Waals surface area (Å²) in [7, 11) is -3.83. The minimum absolute atomic E-state index is 0.251. The van der Waals surface area contributed by atoms with Gasteiger partial charge in [0.2, 0.25) is 15.9 Å². The first-order valence-corrected chi connectivity index (χ1v) is 10.4. The highest BCUT2D eigenvalue weighted by molar-refractivity contribution is 7.89. The van der Waals surface area contributed by atoms with Crippen molar-refractivity contribution in [1.82, 2.24) is 8.87 Å². The third-order valence-electron chi connectivity index (χ3n) is 4.60. The molecule has 27 heavy (non-hydrogen) atoms. The van der Waals surface area contributed by atoms with Gasteiger partial charge in [0.25, 0.3) is 5.56 Å². The lowest BCUT2D eigenvalue weighted by Crippen LogP contribution is -2.36. The van der Waals surface area contributed by atoms with E-state index in [0.717, 1.165) is 29.4 Å². The van der Waals surface area contributed by atoms with Crippen molar-refractivity contribution in [2.45, 2.75) is 37.6 Å². The molecule has 2 aromatic rings. The Morgan fingerprint density at radius 2 is 1.89 bits per heavy atom. The molecule has 8 heteroatoms. The summed E-state index contributed by atoms with van der Waals surface area (Å²) >= 11 is 0. The van der Waals surface area contributed by atoms with Crippen LogP contribution in [0.15, 0.2) is 52.3 Å². The number of rotatable bonds is 6. The lowest BCUT2D eigenvalue weighted by atomic mass is 10.1. The van der Waals surface area contributed by atoms with E-state index in [1.807, 2.05) is 25.1 Å². The highest BCUT2D eigenvalue weighted by atomic mass is 32.2. The van der Waals surface area contributed by atoms with Gasteiger partial charge in [0.15, 0.2) is 0 Å². The van der Waals surface area contributed by atoms with Crippen LogP contribution >= 0.6 is 0 Å². The fraction of sp³-hybridized carbons (Fsp3) is 0.368. The summed E-state index contributed by atoms with van der Waals surface area (Å²) in [5.74, 6) is -0.388. The summed E-state index contributed by atoms with van der Waals surface area (Å²) in [6.45, 7) is 2.61. The van der Waals surface area contributed by atoms with E-state index in [2.05, 4.69) is 5.32 Å². The quantitative estimate of drug-likeness (QED) is 0.816. The number of hydrogen-bond donors (Lipinski definition) is 1. The van der Waals surface area contributed by atoms with Gasteiger partial charge in [-0.3, -0.25) is 9.59 Å². The fourth-order valence-electron chi connectivity index (χ4n) is 3.13. The van der Waals surface area contributed by atoms with E-state index in [1.54, 1.807) is 6.07 Å². The number of aryl methyl sites for hydroxylation is 1. The van der Waals surface area contributed by atoms with Crippen molar-refractivity contribution in [1.29, 1.82) is 0 Å². The number of hydrogen-bond acceptors (Lipinski definition) is 4. The molecule has 2 heterocycles. The molecule has 0 atom stereocenters. The molecule has 0 saturated carbocycles. The van der Waals surface area contributed by atoms with Crippen LogP contribution < -0.4 is 10.9 Å². The number of aromatic nitrogens is 1. The van der Waals surface area contributed by atoms with Gasteiger partial charge in [0.05, 0.1) is 0 Å². The number of anilines is 1. The number of nitrogens with one attached hydrogen (secondary N) is 1. The molecule has 144 valence electrons. The number of carbonyl (C=O) groups excluding carboxylic acids is 1. The van der Waals surface area contributed by atoms with Crippen molar-refractivity contribution in [2.24, 2.45) is 0 Å². The maximum Gasteiger partial charge on any atom is 0.271 e. The first-order valence-electron chi connectivity index (χ1n) is 9.00. The Labute approximate surface area is 158 Å². The van der Waals surface area contributed by atoms with E-state index in [0.29, 0.717) is 18.8 Å². The summed E-state index contributed by atoms with van der Waals surface area (Å²) in [6, 6.07) is 10.2. The molecule has 1 aromatic heterocycles. The van der Waals surface area contributed by atoms with Gasteiger partial charge in [0, 0.05) is 25.0 Å². The second-order valence-electron chi connectivity index (χ2n) is 6.52. The van der Waals surface area contributed by atoms with Crippen molar-refractivity contribution in [2.75, 3.05) is 18.4 Å². The summed E-state index contributed by atoms with van der Waals surface area (Å²) in [5.41, 5.74) is 1.05. The number of nitrogens with zero attached hydrogens (tertiary/aromatic N) is 2. The Bertz CT molecular complexity index is 992. The summed E-state index contributed by atoms with van der Waals surface area (Å²) in [5, 5.41) is 2.75. The molecule has 0 unspecified atom stereocenters. The summed E-state index contributed by atoms with van der Waals surface area (Å²) in [6.07, 6.45) is 3.85. The van der Waals surface area contributed by atoms with E-state index >= 15 is 0 Å². The molecule has 1 aliphatic heterocycles. The Morgan fingerprint density at radius 1 is 1.15 bits per heavy atom. The molecular weight excluding hydrogens is 366 g/mol. The van der Waals surface area contributed by atoms with E-state index in [-0.39, 0.29) is 17.3 Å². The number of carbonyl (C=O) groups is 1. The Kier molecular flexibility index (Phi) is 5.76. The molecule has 0 bridgehead atoms. The molecule has 0 aliphatic carbocycles. The molecule has 1 N–H and O–H groups in total. The molecule has 1 aliphatic rings. The zero-order chi connectivity index (χ0) is 19.4. The lowest BCUT2D eigenvalue weighted by Gasteiger charge is -2.16. The van der Waals surface area contributed by atoms with Crippen molar-refractivity contribution < 1.29 is 13.2 Å². The Hall–Kier alpha value is -2.45. The van der Waals surface area contributed by atoms with E-state index in [9.17, 15) is 18.0 Å². The number of pyridine rings is 1. The summed E-state index contributed by atoms with van der Waals surface area (Å²) < 4.78 is 27.8. The largest absolute Gasteiger partial charge is 0.325 e. The highest BCUT2D eigenvalue weighted by Crippen LogP contribution is 2.18. The van der Waals surface area contributed by atoms with Crippen LogP contribution in [0, 0.1) is 0 Å². The molecule has 1 aromatic carbocycles. The first kappa shape index (κ1) is 19.3. The molecule has 3 rings (SSSR count). The number of sulfonamides is 1.